The fourth-order valence-corrected chi connectivity index (χ4v) is 2.46. The van der Waals surface area contributed by atoms with Crippen molar-refractivity contribution in [3.63, 3.8) is 0 Å². The van der Waals surface area contributed by atoms with Crippen LogP contribution in [0.4, 0.5) is 10.5 Å². The normalized spacial score (nSPS) is 10.1. The van der Waals surface area contributed by atoms with Crippen LogP contribution in [0, 0.1) is 11.3 Å². The highest BCUT2D eigenvalue weighted by Crippen LogP contribution is 2.23. The maximum absolute atomic E-state index is 12.3. The third-order valence-electron chi connectivity index (χ3n) is 3.85. The number of amides is 2. The van der Waals surface area contributed by atoms with Gasteiger partial charge < -0.3 is 15.0 Å². The van der Waals surface area contributed by atoms with Crippen molar-refractivity contribution in [2.24, 2.45) is 7.05 Å². The van der Waals surface area contributed by atoms with Crippen LogP contribution in [0.3, 0.4) is 0 Å². The number of hydrogen-bond acceptors (Lipinski definition) is 4. The number of carbonyl (C=O) groups excluding carboxylic acids is 1. The molecule has 0 fully saturated rings. The van der Waals surface area contributed by atoms with E-state index in [-0.39, 0.29) is 6.03 Å². The van der Waals surface area contributed by atoms with Crippen molar-refractivity contribution >= 4 is 11.7 Å². The lowest BCUT2D eigenvalue weighted by Gasteiger charge is -2.17. The van der Waals surface area contributed by atoms with Crippen molar-refractivity contribution in [1.82, 2.24) is 14.7 Å². The van der Waals surface area contributed by atoms with Gasteiger partial charge in [0.15, 0.2) is 0 Å². The molecule has 1 N–H and O–H groups in total. The Labute approximate surface area is 157 Å². The minimum atomic E-state index is -0.209. The Bertz CT molecular complexity index is 955. The summed E-state index contributed by atoms with van der Waals surface area (Å²) < 4.78 is 7.43. The van der Waals surface area contributed by atoms with Crippen LogP contribution in [0.25, 0.3) is 0 Å². The number of anilines is 1. The largest absolute Gasteiger partial charge is 0.457 e. The van der Waals surface area contributed by atoms with Gasteiger partial charge in [-0.3, -0.25) is 4.68 Å². The Balaban J connectivity index is 1.56. The Morgan fingerprint density at radius 3 is 2.37 bits per heavy atom. The molecule has 27 heavy (non-hydrogen) atoms. The van der Waals surface area contributed by atoms with Crippen LogP contribution < -0.4 is 10.1 Å². The molecule has 0 atom stereocenters. The van der Waals surface area contributed by atoms with Gasteiger partial charge in [-0.15, -0.1) is 0 Å². The van der Waals surface area contributed by atoms with Crippen molar-refractivity contribution in [2.45, 2.75) is 6.54 Å². The van der Waals surface area contributed by atoms with Crippen molar-refractivity contribution in [2.75, 3.05) is 12.4 Å². The first kappa shape index (κ1) is 18.0. The Morgan fingerprint density at radius 1 is 1.19 bits per heavy atom. The number of aryl methyl sites for hydroxylation is 1. The van der Waals surface area contributed by atoms with Crippen LogP contribution in [0.15, 0.2) is 60.9 Å². The fraction of sp³-hybridized carbons (Fsp3) is 0.150. The van der Waals surface area contributed by atoms with Crippen molar-refractivity contribution in [3.8, 4) is 17.6 Å². The summed E-state index contributed by atoms with van der Waals surface area (Å²) >= 11 is 0. The molecule has 0 radical (unpaired) electrons. The monoisotopic (exact) mass is 361 g/mol. The molecule has 0 unspecified atom stereocenters. The number of rotatable bonds is 5. The zero-order valence-corrected chi connectivity index (χ0v) is 15.1. The highest BCUT2D eigenvalue weighted by Gasteiger charge is 2.10. The lowest BCUT2D eigenvalue weighted by atomic mass is 10.2. The zero-order chi connectivity index (χ0) is 19.2. The molecule has 0 bridgehead atoms. The molecule has 3 aromatic rings. The highest BCUT2D eigenvalue weighted by molar-refractivity contribution is 5.89. The Kier molecular flexibility index (Phi) is 5.38. The quantitative estimate of drug-likeness (QED) is 0.750. The number of hydrogen-bond donors (Lipinski definition) is 1. The van der Waals surface area contributed by atoms with Gasteiger partial charge in [0, 0.05) is 31.5 Å². The molecule has 0 saturated heterocycles. The Morgan fingerprint density at radius 2 is 1.81 bits per heavy atom. The van der Waals surface area contributed by atoms with Crippen LogP contribution >= 0.6 is 0 Å². The first-order valence-electron chi connectivity index (χ1n) is 8.31. The molecule has 3 rings (SSSR count). The number of benzene rings is 2. The number of nitrogens with zero attached hydrogens (tertiary/aromatic N) is 4. The van der Waals surface area contributed by atoms with E-state index in [4.69, 9.17) is 10.00 Å². The van der Waals surface area contributed by atoms with Crippen LogP contribution in [0.5, 0.6) is 11.5 Å². The number of aromatic nitrogens is 2. The topological polar surface area (TPSA) is 83.2 Å². The minimum absolute atomic E-state index is 0.209. The van der Waals surface area contributed by atoms with Crippen LogP contribution in [0.2, 0.25) is 0 Å². The molecular formula is C20H19N5O2. The fourth-order valence-electron chi connectivity index (χ4n) is 2.46. The summed E-state index contributed by atoms with van der Waals surface area (Å²) in [5, 5.41) is 15.7. The first-order chi connectivity index (χ1) is 13.0. The summed E-state index contributed by atoms with van der Waals surface area (Å²) in [6.45, 7) is 0.472. The van der Waals surface area contributed by atoms with Gasteiger partial charge in [-0.1, -0.05) is 0 Å². The summed E-state index contributed by atoms with van der Waals surface area (Å²) in [4.78, 5) is 13.9. The van der Waals surface area contributed by atoms with E-state index in [0.29, 0.717) is 29.3 Å². The van der Waals surface area contributed by atoms with Crippen LogP contribution in [-0.4, -0.2) is 27.8 Å². The third-order valence-corrected chi connectivity index (χ3v) is 3.85. The van der Waals surface area contributed by atoms with E-state index in [9.17, 15) is 4.79 Å². The molecule has 2 amide bonds. The second kappa shape index (κ2) is 8.06. The van der Waals surface area contributed by atoms with Gasteiger partial charge in [-0.2, -0.15) is 10.4 Å². The number of carbonyl (C=O) groups is 1. The lowest BCUT2D eigenvalue weighted by Crippen LogP contribution is -2.30. The molecular weight excluding hydrogens is 342 g/mol. The van der Waals surface area contributed by atoms with E-state index in [1.165, 1.54) is 0 Å². The van der Waals surface area contributed by atoms with Gasteiger partial charge in [-0.25, -0.2) is 4.79 Å². The summed E-state index contributed by atoms with van der Waals surface area (Å²) in [5.41, 5.74) is 2.21. The highest BCUT2D eigenvalue weighted by atomic mass is 16.5. The smallest absolute Gasteiger partial charge is 0.321 e. The summed E-state index contributed by atoms with van der Waals surface area (Å²) in [6.07, 6.45) is 3.61. The minimum Gasteiger partial charge on any atom is -0.457 e. The molecule has 1 aromatic heterocycles. The van der Waals surface area contributed by atoms with Crippen molar-refractivity contribution < 1.29 is 9.53 Å². The predicted octanol–water partition coefficient (Wildman–Crippen LogP) is 3.75. The molecule has 136 valence electrons. The molecule has 7 nitrogen and oxygen atoms in total. The van der Waals surface area contributed by atoms with E-state index in [0.717, 1.165) is 5.56 Å². The SMILES string of the molecule is CN(Cc1cnn(C)c1)C(=O)Nc1ccc(Oc2ccc(C#N)cc2)cc1. The van der Waals surface area contributed by atoms with Crippen molar-refractivity contribution in [1.29, 1.82) is 5.26 Å². The summed E-state index contributed by atoms with van der Waals surface area (Å²) in [7, 11) is 3.57. The second-order valence-electron chi connectivity index (χ2n) is 6.07. The molecule has 2 aromatic carbocycles. The number of ether oxygens (including phenoxy) is 1. The molecule has 1 heterocycles. The van der Waals surface area contributed by atoms with E-state index >= 15 is 0 Å². The molecule has 0 saturated carbocycles. The number of urea groups is 1. The number of nitriles is 1. The lowest BCUT2D eigenvalue weighted by molar-refractivity contribution is 0.220. The summed E-state index contributed by atoms with van der Waals surface area (Å²) in [6, 6.07) is 15.8. The van der Waals surface area contributed by atoms with Gasteiger partial charge in [0.2, 0.25) is 0 Å². The van der Waals surface area contributed by atoms with Gasteiger partial charge in [0.05, 0.1) is 24.4 Å². The van der Waals surface area contributed by atoms with Crippen LogP contribution in [0.1, 0.15) is 11.1 Å². The standard InChI is InChI=1S/C20H19N5O2/c1-24(13-16-12-22-25(2)14-16)20(26)23-17-5-9-19(10-6-17)27-18-7-3-15(11-21)4-8-18/h3-10,12,14H,13H2,1-2H3,(H,23,26). The first-order valence-corrected chi connectivity index (χ1v) is 8.31. The van der Waals surface area contributed by atoms with E-state index in [2.05, 4.69) is 16.5 Å². The van der Waals surface area contributed by atoms with Gasteiger partial charge in [0.25, 0.3) is 0 Å². The van der Waals surface area contributed by atoms with Gasteiger partial charge >= 0.3 is 6.03 Å². The van der Waals surface area contributed by atoms with Gasteiger partial charge in [0.1, 0.15) is 11.5 Å². The van der Waals surface area contributed by atoms with Gasteiger partial charge in [-0.05, 0) is 48.5 Å². The van der Waals surface area contributed by atoms with Crippen LogP contribution in [-0.2, 0) is 13.6 Å². The molecule has 0 aliphatic rings. The number of nitrogens with one attached hydrogen (secondary N) is 1. The maximum Gasteiger partial charge on any atom is 0.321 e. The molecule has 0 aliphatic carbocycles. The zero-order valence-electron chi connectivity index (χ0n) is 15.1. The van der Waals surface area contributed by atoms with E-state index in [1.807, 2.05) is 13.2 Å². The average molecular weight is 361 g/mol. The predicted molar refractivity (Wildman–Crippen MR) is 101 cm³/mol. The average Bonchev–Trinajstić information content (AvgIpc) is 3.08. The molecule has 0 aliphatic heterocycles. The molecule has 7 heteroatoms. The second-order valence-corrected chi connectivity index (χ2v) is 6.07. The molecule has 0 spiro atoms. The third kappa shape index (κ3) is 4.86. The summed E-state index contributed by atoms with van der Waals surface area (Å²) in [5.74, 6) is 1.28. The van der Waals surface area contributed by atoms with E-state index < -0.39 is 0 Å². The maximum atomic E-state index is 12.3. The Hall–Kier alpha value is -3.79. The van der Waals surface area contributed by atoms with Crippen molar-refractivity contribution in [3.05, 3.63) is 72.1 Å². The van der Waals surface area contributed by atoms with E-state index in [1.54, 1.807) is 71.4 Å².